The molecule has 0 spiro atoms. The van der Waals surface area contributed by atoms with E-state index in [1.807, 2.05) is 33.4 Å². The second-order valence-corrected chi connectivity index (χ2v) is 5.30. The second kappa shape index (κ2) is 5.33. The lowest BCUT2D eigenvalue weighted by Crippen LogP contribution is -2.18. The maximum Gasteiger partial charge on any atom is 0.134 e. The molecular formula is C16H18FN3O. The summed E-state index contributed by atoms with van der Waals surface area (Å²) < 4.78 is 21.1. The van der Waals surface area contributed by atoms with Gasteiger partial charge in [-0.1, -0.05) is 0 Å². The number of benzene rings is 1. The molecule has 4 nitrogen and oxygen atoms in total. The van der Waals surface area contributed by atoms with Gasteiger partial charge in [-0.15, -0.1) is 0 Å². The highest BCUT2D eigenvalue weighted by atomic mass is 19.1. The molecule has 0 aliphatic heterocycles. The van der Waals surface area contributed by atoms with Crippen LogP contribution < -0.4 is 5.32 Å². The number of rotatable bonds is 4. The maximum absolute atomic E-state index is 13.4. The lowest BCUT2D eigenvalue weighted by Gasteiger charge is -2.13. The Morgan fingerprint density at radius 2 is 2.24 bits per heavy atom. The lowest BCUT2D eigenvalue weighted by atomic mass is 10.0. The number of nitrogens with zero attached hydrogens (tertiary/aromatic N) is 2. The number of likely N-dealkylation sites (N-methyl/N-ethyl adjacent to an activating group) is 1. The molecule has 1 unspecified atom stereocenters. The third-order valence-electron chi connectivity index (χ3n) is 3.80. The fraction of sp³-hybridized carbons (Fsp3) is 0.312. The molecule has 2 aromatic heterocycles. The second-order valence-electron chi connectivity index (χ2n) is 5.30. The summed E-state index contributed by atoms with van der Waals surface area (Å²) in [4.78, 5) is 0. The van der Waals surface area contributed by atoms with E-state index in [1.54, 1.807) is 10.7 Å². The van der Waals surface area contributed by atoms with Crippen molar-refractivity contribution in [2.45, 2.75) is 19.4 Å². The van der Waals surface area contributed by atoms with Crippen molar-refractivity contribution in [2.24, 2.45) is 7.05 Å². The summed E-state index contributed by atoms with van der Waals surface area (Å²) in [6, 6.07) is 4.65. The average molecular weight is 287 g/mol. The molecule has 0 saturated heterocycles. The molecule has 3 rings (SSSR count). The number of halogens is 1. The molecule has 21 heavy (non-hydrogen) atoms. The Hall–Kier alpha value is -2.14. The summed E-state index contributed by atoms with van der Waals surface area (Å²) in [5.41, 5.74) is 2.82. The fourth-order valence-corrected chi connectivity index (χ4v) is 2.68. The van der Waals surface area contributed by atoms with E-state index >= 15 is 0 Å². The van der Waals surface area contributed by atoms with Crippen molar-refractivity contribution < 1.29 is 8.81 Å². The highest BCUT2D eigenvalue weighted by Gasteiger charge is 2.20. The van der Waals surface area contributed by atoms with Crippen LogP contribution in [0.5, 0.6) is 0 Å². The third-order valence-corrected chi connectivity index (χ3v) is 3.80. The van der Waals surface area contributed by atoms with Crippen molar-refractivity contribution >= 4 is 11.0 Å². The first-order chi connectivity index (χ1) is 10.1. The first-order valence-corrected chi connectivity index (χ1v) is 6.92. The summed E-state index contributed by atoms with van der Waals surface area (Å²) in [5, 5.41) is 8.28. The molecule has 0 amide bonds. The SMILES string of the molecule is CNC(Cc1cnn(C)c1)c1oc2ccc(F)cc2c1C. The number of furan rings is 1. The molecule has 3 aromatic rings. The van der Waals surface area contributed by atoms with Gasteiger partial charge in [-0.2, -0.15) is 5.10 Å². The molecule has 0 fully saturated rings. The molecule has 1 aromatic carbocycles. The van der Waals surface area contributed by atoms with Crippen LogP contribution in [-0.4, -0.2) is 16.8 Å². The van der Waals surface area contributed by atoms with Gasteiger partial charge in [0, 0.05) is 24.2 Å². The van der Waals surface area contributed by atoms with E-state index in [-0.39, 0.29) is 11.9 Å². The zero-order chi connectivity index (χ0) is 15.0. The number of aromatic nitrogens is 2. The monoisotopic (exact) mass is 287 g/mol. The van der Waals surface area contributed by atoms with Crippen LogP contribution in [0.4, 0.5) is 4.39 Å². The van der Waals surface area contributed by atoms with Gasteiger partial charge in [-0.05, 0) is 44.2 Å². The highest BCUT2D eigenvalue weighted by Crippen LogP contribution is 2.31. The van der Waals surface area contributed by atoms with E-state index in [2.05, 4.69) is 10.4 Å². The molecule has 110 valence electrons. The molecule has 0 saturated carbocycles. The largest absolute Gasteiger partial charge is 0.459 e. The maximum atomic E-state index is 13.4. The Morgan fingerprint density at radius 1 is 1.43 bits per heavy atom. The Morgan fingerprint density at radius 3 is 2.90 bits per heavy atom. The van der Waals surface area contributed by atoms with Crippen molar-refractivity contribution in [2.75, 3.05) is 7.05 Å². The van der Waals surface area contributed by atoms with Gasteiger partial charge < -0.3 is 9.73 Å². The first-order valence-electron chi connectivity index (χ1n) is 6.92. The number of hydrogen-bond donors (Lipinski definition) is 1. The third kappa shape index (κ3) is 2.56. The molecule has 5 heteroatoms. The smallest absolute Gasteiger partial charge is 0.134 e. The van der Waals surface area contributed by atoms with Gasteiger partial charge in [0.1, 0.15) is 17.2 Å². The summed E-state index contributed by atoms with van der Waals surface area (Å²) in [6.45, 7) is 1.97. The zero-order valence-electron chi connectivity index (χ0n) is 12.4. The molecule has 2 heterocycles. The van der Waals surface area contributed by atoms with Gasteiger partial charge in [0.25, 0.3) is 0 Å². The predicted molar refractivity (Wildman–Crippen MR) is 79.6 cm³/mol. The number of fused-ring (bicyclic) bond motifs is 1. The summed E-state index contributed by atoms with van der Waals surface area (Å²) in [5.74, 6) is 0.605. The average Bonchev–Trinajstić information content (AvgIpc) is 3.01. The molecule has 0 bridgehead atoms. The molecule has 1 atom stereocenters. The Labute approximate surface area is 122 Å². The van der Waals surface area contributed by atoms with E-state index in [1.165, 1.54) is 12.1 Å². The van der Waals surface area contributed by atoms with Crippen LogP contribution in [0.1, 0.15) is 22.9 Å². The van der Waals surface area contributed by atoms with Crippen LogP contribution in [-0.2, 0) is 13.5 Å². The minimum atomic E-state index is -0.244. The van der Waals surface area contributed by atoms with Crippen LogP contribution in [0.3, 0.4) is 0 Å². The standard InChI is InChI=1S/C16H18FN3O/c1-10-13-7-12(17)4-5-15(13)21-16(10)14(18-2)6-11-8-19-20(3)9-11/h4-5,7-9,14,18H,6H2,1-3H3. The van der Waals surface area contributed by atoms with E-state index in [0.717, 1.165) is 34.3 Å². The van der Waals surface area contributed by atoms with Crippen LogP contribution in [0.15, 0.2) is 35.0 Å². The van der Waals surface area contributed by atoms with E-state index in [9.17, 15) is 4.39 Å². The molecule has 0 aliphatic carbocycles. The number of nitrogens with one attached hydrogen (secondary N) is 1. The van der Waals surface area contributed by atoms with Gasteiger partial charge in [0.05, 0.1) is 12.2 Å². The normalized spacial score (nSPS) is 13.0. The topological polar surface area (TPSA) is 43.0 Å². The zero-order valence-corrected chi connectivity index (χ0v) is 12.4. The van der Waals surface area contributed by atoms with Crippen molar-refractivity contribution in [3.8, 4) is 0 Å². The van der Waals surface area contributed by atoms with Gasteiger partial charge in [-0.25, -0.2) is 4.39 Å². The minimum absolute atomic E-state index is 0.0321. The molecule has 1 N–H and O–H groups in total. The predicted octanol–water partition coefficient (Wildman–Crippen LogP) is 3.12. The highest BCUT2D eigenvalue weighted by molar-refractivity contribution is 5.82. The summed E-state index contributed by atoms with van der Waals surface area (Å²) in [7, 11) is 3.79. The summed E-state index contributed by atoms with van der Waals surface area (Å²) in [6.07, 6.45) is 4.61. The Bertz CT molecular complexity index is 775. The van der Waals surface area contributed by atoms with Gasteiger partial charge >= 0.3 is 0 Å². The van der Waals surface area contributed by atoms with Crippen LogP contribution in [0.2, 0.25) is 0 Å². The van der Waals surface area contributed by atoms with Crippen LogP contribution in [0, 0.1) is 12.7 Å². The summed E-state index contributed by atoms with van der Waals surface area (Å²) >= 11 is 0. The number of aryl methyl sites for hydroxylation is 2. The van der Waals surface area contributed by atoms with Gasteiger partial charge in [-0.3, -0.25) is 4.68 Å². The first kappa shape index (κ1) is 13.8. The van der Waals surface area contributed by atoms with E-state index in [0.29, 0.717) is 0 Å². The van der Waals surface area contributed by atoms with Crippen molar-refractivity contribution in [1.29, 1.82) is 0 Å². The number of hydrogen-bond acceptors (Lipinski definition) is 3. The van der Waals surface area contributed by atoms with Crippen molar-refractivity contribution in [3.05, 3.63) is 53.3 Å². The van der Waals surface area contributed by atoms with Crippen LogP contribution >= 0.6 is 0 Å². The van der Waals surface area contributed by atoms with Crippen molar-refractivity contribution in [3.63, 3.8) is 0 Å². The van der Waals surface area contributed by atoms with E-state index in [4.69, 9.17) is 4.42 Å². The van der Waals surface area contributed by atoms with E-state index < -0.39 is 0 Å². The Balaban J connectivity index is 1.98. The van der Waals surface area contributed by atoms with Crippen LogP contribution in [0.25, 0.3) is 11.0 Å². The molecular weight excluding hydrogens is 269 g/mol. The fourth-order valence-electron chi connectivity index (χ4n) is 2.68. The lowest BCUT2D eigenvalue weighted by molar-refractivity contribution is 0.447. The molecule has 0 radical (unpaired) electrons. The van der Waals surface area contributed by atoms with Gasteiger partial charge in [0.2, 0.25) is 0 Å². The Kier molecular flexibility index (Phi) is 3.51. The van der Waals surface area contributed by atoms with Gasteiger partial charge in [0.15, 0.2) is 0 Å². The quantitative estimate of drug-likeness (QED) is 0.801. The minimum Gasteiger partial charge on any atom is -0.459 e. The van der Waals surface area contributed by atoms with Crippen molar-refractivity contribution in [1.82, 2.24) is 15.1 Å². The molecule has 0 aliphatic rings.